The normalized spacial score (nSPS) is 14.4. The molecule has 12 heteroatoms. The molecule has 3 aromatic carbocycles. The second-order valence-electron chi connectivity index (χ2n) is 10.2. The van der Waals surface area contributed by atoms with Crippen LogP contribution in [-0.2, 0) is 38.4 Å². The summed E-state index contributed by atoms with van der Waals surface area (Å²) in [6.45, 7) is 1.21. The first-order chi connectivity index (χ1) is 20.4. The number of carboxylic acid groups (broad SMARTS) is 1. The molecule has 0 aliphatic heterocycles. The van der Waals surface area contributed by atoms with Crippen LogP contribution in [0, 0.1) is 0 Å². The molecule has 0 fully saturated rings. The van der Waals surface area contributed by atoms with Crippen LogP contribution in [0.1, 0.15) is 23.6 Å². The molecule has 228 valence electrons. The lowest BCUT2D eigenvalue weighted by atomic mass is 10.0. The lowest BCUT2D eigenvalue weighted by Crippen LogP contribution is -2.59. The Bertz CT molecular complexity index is 1380. The first-order valence-electron chi connectivity index (χ1n) is 13.6. The zero-order valence-electron chi connectivity index (χ0n) is 23.5. The summed E-state index contributed by atoms with van der Waals surface area (Å²) in [5, 5.41) is 46.0. The number of aliphatic hydroxyl groups is 1. The number of carbonyl (C=O) groups excluding carboxylic acids is 3. The molecule has 0 heterocycles. The number of carbonyl (C=O) groups is 4. The van der Waals surface area contributed by atoms with Crippen molar-refractivity contribution in [3.63, 3.8) is 0 Å². The molecule has 3 amide bonds. The minimum atomic E-state index is -1.63. The van der Waals surface area contributed by atoms with Crippen molar-refractivity contribution in [1.82, 2.24) is 16.0 Å². The highest BCUT2D eigenvalue weighted by molar-refractivity contribution is 5.94. The molecule has 3 aromatic rings. The molecule has 0 saturated heterocycles. The second kappa shape index (κ2) is 15.3. The first-order valence-corrected chi connectivity index (χ1v) is 13.6. The number of amides is 3. The summed E-state index contributed by atoms with van der Waals surface area (Å²) in [6, 6.07) is 15.8. The Hall–Kier alpha value is -4.94. The Morgan fingerprint density at radius 1 is 0.651 bits per heavy atom. The number of aliphatic hydroxyl groups excluding tert-OH is 1. The van der Waals surface area contributed by atoms with Crippen LogP contribution in [0.2, 0.25) is 0 Å². The van der Waals surface area contributed by atoms with Crippen molar-refractivity contribution in [2.75, 3.05) is 0 Å². The van der Waals surface area contributed by atoms with Gasteiger partial charge in [-0.05, 0) is 54.3 Å². The van der Waals surface area contributed by atoms with Crippen LogP contribution < -0.4 is 21.7 Å². The van der Waals surface area contributed by atoms with Gasteiger partial charge in [-0.2, -0.15) is 0 Å². The van der Waals surface area contributed by atoms with E-state index in [1.807, 2.05) is 0 Å². The van der Waals surface area contributed by atoms with E-state index >= 15 is 0 Å². The third-order valence-electron chi connectivity index (χ3n) is 6.70. The molecule has 3 rings (SSSR count). The monoisotopic (exact) mass is 592 g/mol. The van der Waals surface area contributed by atoms with Gasteiger partial charge in [0, 0.05) is 12.8 Å². The summed E-state index contributed by atoms with van der Waals surface area (Å²) in [5.74, 6) is -3.63. The van der Waals surface area contributed by atoms with Crippen LogP contribution in [0.3, 0.4) is 0 Å². The summed E-state index contributed by atoms with van der Waals surface area (Å²) in [4.78, 5) is 51.6. The summed E-state index contributed by atoms with van der Waals surface area (Å²) in [6.07, 6.45) is -1.32. The molecule has 0 bridgehead atoms. The maximum atomic E-state index is 13.6. The predicted molar refractivity (Wildman–Crippen MR) is 157 cm³/mol. The van der Waals surface area contributed by atoms with Gasteiger partial charge in [-0.1, -0.05) is 54.6 Å². The quantitative estimate of drug-likeness (QED) is 0.130. The summed E-state index contributed by atoms with van der Waals surface area (Å²) < 4.78 is 0. The fraction of sp³-hybridized carbons (Fsp3) is 0.290. The summed E-state index contributed by atoms with van der Waals surface area (Å²) >= 11 is 0. The average molecular weight is 593 g/mol. The van der Waals surface area contributed by atoms with Crippen molar-refractivity contribution in [3.05, 3.63) is 95.6 Å². The van der Waals surface area contributed by atoms with E-state index in [0.29, 0.717) is 11.1 Å². The number of carboxylic acids is 1. The smallest absolute Gasteiger partial charge is 0.328 e. The largest absolute Gasteiger partial charge is 0.508 e. The topological polar surface area (TPSA) is 211 Å². The number of hydrogen-bond donors (Lipinski definition) is 8. The maximum absolute atomic E-state index is 13.6. The van der Waals surface area contributed by atoms with E-state index in [2.05, 4.69) is 16.0 Å². The molecule has 5 unspecified atom stereocenters. The Morgan fingerprint density at radius 3 is 1.53 bits per heavy atom. The number of benzene rings is 3. The van der Waals surface area contributed by atoms with Gasteiger partial charge >= 0.3 is 5.97 Å². The Morgan fingerprint density at radius 2 is 1.07 bits per heavy atom. The van der Waals surface area contributed by atoms with Gasteiger partial charge in [0.1, 0.15) is 23.6 Å². The molecule has 0 aliphatic carbocycles. The molecular weight excluding hydrogens is 556 g/mol. The molecule has 0 saturated carbocycles. The van der Waals surface area contributed by atoms with E-state index < -0.39 is 54.0 Å². The highest BCUT2D eigenvalue weighted by atomic mass is 16.4. The van der Waals surface area contributed by atoms with Gasteiger partial charge in [0.2, 0.25) is 17.7 Å². The van der Waals surface area contributed by atoms with Crippen LogP contribution in [0.25, 0.3) is 0 Å². The van der Waals surface area contributed by atoms with E-state index in [9.17, 15) is 39.6 Å². The van der Waals surface area contributed by atoms with Gasteiger partial charge in [0.25, 0.3) is 0 Å². The Labute approximate surface area is 248 Å². The third-order valence-corrected chi connectivity index (χ3v) is 6.70. The summed E-state index contributed by atoms with van der Waals surface area (Å²) in [7, 11) is 0. The van der Waals surface area contributed by atoms with Gasteiger partial charge in [-0.15, -0.1) is 0 Å². The number of phenolic OH excluding ortho intramolecular Hbond substituents is 2. The number of aromatic hydroxyl groups is 2. The molecule has 0 aliphatic rings. The van der Waals surface area contributed by atoms with Crippen molar-refractivity contribution in [3.8, 4) is 11.5 Å². The minimum Gasteiger partial charge on any atom is -0.508 e. The van der Waals surface area contributed by atoms with Gasteiger partial charge in [-0.3, -0.25) is 14.4 Å². The Balaban J connectivity index is 1.83. The average Bonchev–Trinajstić information content (AvgIpc) is 2.97. The van der Waals surface area contributed by atoms with Crippen LogP contribution in [0.5, 0.6) is 11.5 Å². The highest BCUT2D eigenvalue weighted by Gasteiger charge is 2.32. The lowest BCUT2D eigenvalue weighted by Gasteiger charge is -2.26. The van der Waals surface area contributed by atoms with Gasteiger partial charge in [-0.25, -0.2) is 4.79 Å². The van der Waals surface area contributed by atoms with Crippen LogP contribution in [-0.4, -0.2) is 74.4 Å². The SMILES string of the molecule is CC(O)C(NC(=O)C(Cc1ccc(O)cc1)NC(=O)C(Cc1ccccc1)NC(=O)C(N)Cc1ccc(O)cc1)C(=O)O. The van der Waals surface area contributed by atoms with Crippen molar-refractivity contribution in [2.24, 2.45) is 5.73 Å². The second-order valence-corrected chi connectivity index (χ2v) is 10.2. The number of nitrogens with two attached hydrogens (primary N) is 1. The zero-order valence-corrected chi connectivity index (χ0v) is 23.5. The number of phenols is 2. The van der Waals surface area contributed by atoms with Crippen molar-refractivity contribution >= 4 is 23.7 Å². The van der Waals surface area contributed by atoms with Crippen molar-refractivity contribution in [1.29, 1.82) is 0 Å². The molecule has 0 radical (unpaired) electrons. The molecular formula is C31H36N4O8. The van der Waals surface area contributed by atoms with Crippen molar-refractivity contribution < 1.29 is 39.6 Å². The van der Waals surface area contributed by atoms with Crippen LogP contribution in [0.4, 0.5) is 0 Å². The number of hydrogen-bond acceptors (Lipinski definition) is 8. The number of aliphatic carboxylic acids is 1. The van der Waals surface area contributed by atoms with E-state index in [1.165, 1.54) is 43.3 Å². The first kappa shape index (κ1) is 32.6. The van der Waals surface area contributed by atoms with Gasteiger partial charge in [0.15, 0.2) is 6.04 Å². The highest BCUT2D eigenvalue weighted by Crippen LogP contribution is 2.14. The molecule has 0 spiro atoms. The van der Waals surface area contributed by atoms with Crippen LogP contribution in [0.15, 0.2) is 78.9 Å². The van der Waals surface area contributed by atoms with E-state index in [1.54, 1.807) is 42.5 Å². The number of nitrogens with one attached hydrogen (secondary N) is 3. The minimum absolute atomic E-state index is 0.0110. The molecule has 9 N–H and O–H groups in total. The number of rotatable bonds is 14. The fourth-order valence-electron chi connectivity index (χ4n) is 4.31. The maximum Gasteiger partial charge on any atom is 0.328 e. The third kappa shape index (κ3) is 10.1. The zero-order chi connectivity index (χ0) is 31.5. The van der Waals surface area contributed by atoms with Crippen LogP contribution >= 0.6 is 0 Å². The fourth-order valence-corrected chi connectivity index (χ4v) is 4.31. The van der Waals surface area contributed by atoms with Crippen molar-refractivity contribution in [2.45, 2.75) is 56.5 Å². The van der Waals surface area contributed by atoms with E-state index in [-0.39, 0.29) is 30.8 Å². The molecule has 0 aromatic heterocycles. The van der Waals surface area contributed by atoms with Gasteiger partial charge < -0.3 is 42.1 Å². The molecule has 43 heavy (non-hydrogen) atoms. The van der Waals surface area contributed by atoms with Gasteiger partial charge in [0.05, 0.1) is 12.1 Å². The Kier molecular flexibility index (Phi) is 11.6. The van der Waals surface area contributed by atoms with E-state index in [0.717, 1.165) is 5.56 Å². The molecule has 5 atom stereocenters. The predicted octanol–water partition coefficient (Wildman–Crippen LogP) is 0.373. The molecule has 12 nitrogen and oxygen atoms in total. The lowest BCUT2D eigenvalue weighted by molar-refractivity contribution is -0.145. The summed E-state index contributed by atoms with van der Waals surface area (Å²) in [5.41, 5.74) is 8.09. The van der Waals surface area contributed by atoms with E-state index in [4.69, 9.17) is 5.73 Å². The standard InChI is InChI=1S/C31H36N4O8/c1-18(36)27(31(42)43)35-30(41)26(17-21-9-13-23(38)14-10-21)34-29(40)25(16-19-5-3-2-4-6-19)33-28(39)24(32)15-20-7-11-22(37)12-8-20/h2-14,18,24-27,36-38H,15-17,32H2,1H3,(H,33,39)(H,34,40)(H,35,41)(H,42,43).